The summed E-state index contributed by atoms with van der Waals surface area (Å²) in [5.41, 5.74) is 4.31. The molecule has 0 amide bonds. The molecule has 4 aromatic carbocycles. The Labute approximate surface area is 218 Å². The first-order chi connectivity index (χ1) is 18.1. The molecule has 0 aliphatic heterocycles. The Morgan fingerprint density at radius 1 is 0.514 bits per heavy atom. The van der Waals surface area contributed by atoms with Gasteiger partial charge in [-0.15, -0.1) is 0 Å². The first-order valence-electron chi connectivity index (χ1n) is 12.5. The lowest BCUT2D eigenvalue weighted by atomic mass is 10.0. The van der Waals surface area contributed by atoms with Crippen molar-refractivity contribution in [2.45, 2.75) is 18.6 Å². The number of aliphatic hydroxyl groups is 2. The Hall–Kier alpha value is -4.00. The van der Waals surface area contributed by atoms with E-state index in [9.17, 15) is 10.2 Å². The molecule has 4 aromatic rings. The predicted octanol–water partition coefficient (Wildman–Crippen LogP) is 4.98. The van der Waals surface area contributed by atoms with Crippen molar-refractivity contribution < 1.29 is 19.7 Å². The highest BCUT2D eigenvalue weighted by Crippen LogP contribution is 2.17. The second-order valence-corrected chi connectivity index (χ2v) is 8.89. The van der Waals surface area contributed by atoms with Crippen LogP contribution in [0.3, 0.4) is 0 Å². The van der Waals surface area contributed by atoms with E-state index in [0.29, 0.717) is 13.1 Å². The highest BCUT2D eigenvalue weighted by Gasteiger charge is 2.07. The number of rotatable bonds is 14. The Morgan fingerprint density at radius 2 is 0.892 bits per heavy atom. The largest absolute Gasteiger partial charge is 0.491 e. The van der Waals surface area contributed by atoms with E-state index in [1.165, 1.54) is 11.1 Å². The fourth-order valence-corrected chi connectivity index (χ4v) is 3.72. The number of ether oxygens (including phenoxy) is 2. The molecule has 192 valence electrons. The van der Waals surface area contributed by atoms with Gasteiger partial charge in [-0.3, -0.25) is 0 Å². The normalized spacial score (nSPS) is 12.4. The van der Waals surface area contributed by atoms with Gasteiger partial charge in [-0.1, -0.05) is 60.7 Å². The minimum atomic E-state index is -0.607. The topological polar surface area (TPSA) is 83.0 Å². The summed E-state index contributed by atoms with van der Waals surface area (Å²) in [5.74, 6) is 1.50. The highest BCUT2D eigenvalue weighted by atomic mass is 16.5. The Kier molecular flexibility index (Phi) is 9.81. The maximum atomic E-state index is 10.2. The van der Waals surface area contributed by atoms with Crippen molar-refractivity contribution in [1.82, 2.24) is 0 Å². The van der Waals surface area contributed by atoms with Gasteiger partial charge in [0.25, 0.3) is 0 Å². The maximum Gasteiger partial charge on any atom is 0.119 e. The zero-order chi connectivity index (χ0) is 25.7. The quantitative estimate of drug-likeness (QED) is 0.196. The first-order valence-corrected chi connectivity index (χ1v) is 12.5. The van der Waals surface area contributed by atoms with Crippen molar-refractivity contribution >= 4 is 11.4 Å². The van der Waals surface area contributed by atoms with Gasteiger partial charge in [0, 0.05) is 24.5 Å². The van der Waals surface area contributed by atoms with E-state index in [1.54, 1.807) is 0 Å². The lowest BCUT2D eigenvalue weighted by Gasteiger charge is -2.15. The smallest absolute Gasteiger partial charge is 0.119 e. The molecule has 0 saturated heterocycles. The van der Waals surface area contributed by atoms with Crippen molar-refractivity contribution in [3.05, 3.63) is 120 Å². The molecule has 0 aliphatic carbocycles. The van der Waals surface area contributed by atoms with Crippen LogP contribution in [0.5, 0.6) is 11.5 Å². The van der Waals surface area contributed by atoms with Gasteiger partial charge in [-0.05, 0) is 66.1 Å². The standard InChI is InChI=1S/C31H34N2O4/c34-28(22-36-30-7-3-1-4-8-30)20-32-26-15-11-24(12-16-26)19-25-13-17-27(18-14-25)33-21-29(35)23-37-31-9-5-2-6-10-31/h1-18,28-29,32-35H,19-23H2/t28-,29-/m1/s1. The molecule has 0 saturated carbocycles. The van der Waals surface area contributed by atoms with Gasteiger partial charge < -0.3 is 30.3 Å². The van der Waals surface area contributed by atoms with E-state index in [1.807, 2.05) is 84.9 Å². The lowest BCUT2D eigenvalue weighted by Crippen LogP contribution is -2.26. The van der Waals surface area contributed by atoms with Crippen LogP contribution < -0.4 is 20.1 Å². The highest BCUT2D eigenvalue weighted by molar-refractivity contribution is 5.47. The van der Waals surface area contributed by atoms with Crippen LogP contribution in [0.15, 0.2) is 109 Å². The van der Waals surface area contributed by atoms with Crippen molar-refractivity contribution in [1.29, 1.82) is 0 Å². The second-order valence-electron chi connectivity index (χ2n) is 8.89. The zero-order valence-corrected chi connectivity index (χ0v) is 20.8. The van der Waals surface area contributed by atoms with Gasteiger partial charge in [0.2, 0.25) is 0 Å². The molecule has 6 nitrogen and oxygen atoms in total. The van der Waals surface area contributed by atoms with Gasteiger partial charge in [-0.25, -0.2) is 0 Å². The van der Waals surface area contributed by atoms with Gasteiger partial charge in [0.1, 0.15) is 36.9 Å². The van der Waals surface area contributed by atoms with Crippen molar-refractivity contribution in [3.8, 4) is 11.5 Å². The van der Waals surface area contributed by atoms with E-state index in [0.717, 1.165) is 29.3 Å². The fourth-order valence-electron chi connectivity index (χ4n) is 3.72. The van der Waals surface area contributed by atoms with Crippen LogP contribution in [-0.2, 0) is 6.42 Å². The van der Waals surface area contributed by atoms with E-state index < -0.39 is 12.2 Å². The average Bonchev–Trinajstić information content (AvgIpc) is 2.95. The summed E-state index contributed by atoms with van der Waals surface area (Å²) in [6.07, 6.45) is -0.393. The summed E-state index contributed by atoms with van der Waals surface area (Å²) in [4.78, 5) is 0. The fraction of sp³-hybridized carbons (Fsp3) is 0.226. The summed E-state index contributed by atoms with van der Waals surface area (Å²) in [6.45, 7) is 1.29. The molecule has 4 rings (SSSR count). The van der Waals surface area contributed by atoms with Crippen LogP contribution in [0.1, 0.15) is 11.1 Å². The summed E-state index contributed by atoms with van der Waals surface area (Å²) in [5, 5.41) is 26.9. The SMILES string of the molecule is O[C@H](CNc1ccc(Cc2ccc(NC[C@@H](O)COc3ccccc3)cc2)cc1)COc1ccccc1. The summed E-state index contributed by atoms with van der Waals surface area (Å²) >= 11 is 0. The molecule has 37 heavy (non-hydrogen) atoms. The van der Waals surface area contributed by atoms with Crippen LogP contribution in [0.4, 0.5) is 11.4 Å². The minimum absolute atomic E-state index is 0.236. The van der Waals surface area contributed by atoms with Crippen molar-refractivity contribution in [3.63, 3.8) is 0 Å². The summed E-state index contributed by atoms with van der Waals surface area (Å²) in [6, 6.07) is 35.4. The average molecular weight is 499 g/mol. The minimum Gasteiger partial charge on any atom is -0.491 e. The Bertz CT molecular complexity index is 1070. The van der Waals surface area contributed by atoms with Crippen LogP contribution in [-0.4, -0.2) is 48.7 Å². The third kappa shape index (κ3) is 9.18. The van der Waals surface area contributed by atoms with Gasteiger partial charge in [0.15, 0.2) is 0 Å². The number of anilines is 2. The molecule has 0 fully saturated rings. The van der Waals surface area contributed by atoms with Crippen LogP contribution in [0, 0.1) is 0 Å². The molecule has 0 bridgehead atoms. The number of hydrogen-bond acceptors (Lipinski definition) is 6. The number of para-hydroxylation sites is 2. The molecule has 0 spiro atoms. The molecule has 0 unspecified atom stereocenters. The molecule has 0 aromatic heterocycles. The van der Waals surface area contributed by atoms with Crippen molar-refractivity contribution in [2.24, 2.45) is 0 Å². The monoisotopic (exact) mass is 498 g/mol. The molecule has 0 radical (unpaired) electrons. The lowest BCUT2D eigenvalue weighted by molar-refractivity contribution is 0.117. The van der Waals surface area contributed by atoms with E-state index in [4.69, 9.17) is 9.47 Å². The van der Waals surface area contributed by atoms with Crippen LogP contribution in [0.2, 0.25) is 0 Å². The second kappa shape index (κ2) is 13.9. The summed E-state index contributed by atoms with van der Waals surface area (Å²) < 4.78 is 11.2. The molecule has 6 heteroatoms. The van der Waals surface area contributed by atoms with Crippen LogP contribution >= 0.6 is 0 Å². The summed E-state index contributed by atoms with van der Waals surface area (Å²) in [7, 11) is 0. The first kappa shape index (κ1) is 26.1. The third-order valence-corrected chi connectivity index (χ3v) is 5.77. The Balaban J connectivity index is 1.15. The molecular formula is C31H34N2O4. The maximum absolute atomic E-state index is 10.2. The van der Waals surface area contributed by atoms with E-state index in [-0.39, 0.29) is 13.2 Å². The number of benzene rings is 4. The molecule has 0 heterocycles. The zero-order valence-electron chi connectivity index (χ0n) is 20.8. The van der Waals surface area contributed by atoms with Gasteiger partial charge in [0.05, 0.1) is 0 Å². The third-order valence-electron chi connectivity index (χ3n) is 5.77. The number of nitrogens with one attached hydrogen (secondary N) is 2. The number of aliphatic hydroxyl groups excluding tert-OH is 2. The molecule has 2 atom stereocenters. The van der Waals surface area contributed by atoms with Crippen LogP contribution in [0.25, 0.3) is 0 Å². The number of hydrogen-bond donors (Lipinski definition) is 4. The van der Waals surface area contributed by atoms with E-state index in [2.05, 4.69) is 34.9 Å². The van der Waals surface area contributed by atoms with Gasteiger partial charge in [-0.2, -0.15) is 0 Å². The van der Waals surface area contributed by atoms with E-state index >= 15 is 0 Å². The molecule has 0 aliphatic rings. The van der Waals surface area contributed by atoms with Gasteiger partial charge >= 0.3 is 0 Å². The Morgan fingerprint density at radius 3 is 1.27 bits per heavy atom. The predicted molar refractivity (Wildman–Crippen MR) is 149 cm³/mol. The van der Waals surface area contributed by atoms with Crippen molar-refractivity contribution in [2.75, 3.05) is 36.9 Å². The molecular weight excluding hydrogens is 464 g/mol. The molecule has 4 N–H and O–H groups in total.